The molecule has 4 N–H and O–H groups in total. The minimum absolute atomic E-state index is 0.250. The Morgan fingerprint density at radius 1 is 0.967 bits per heavy atom. The summed E-state index contributed by atoms with van der Waals surface area (Å²) in [5.41, 5.74) is 10.3. The van der Waals surface area contributed by atoms with Crippen LogP contribution in [0.1, 0.15) is 44.1 Å². The average molecular weight is 409 g/mol. The van der Waals surface area contributed by atoms with Crippen LogP contribution in [0.2, 0.25) is 6.32 Å². The summed E-state index contributed by atoms with van der Waals surface area (Å²) in [6.45, 7) is 0. The fraction of sp³-hybridized carbons (Fsp3) is 0.458. The third-order valence-corrected chi connectivity index (χ3v) is 6.03. The zero-order valence-corrected chi connectivity index (χ0v) is 17.5. The van der Waals surface area contributed by atoms with E-state index in [2.05, 4.69) is 54.6 Å². The Kier molecular flexibility index (Phi) is 10.5. The van der Waals surface area contributed by atoms with Crippen LogP contribution in [0.4, 0.5) is 0 Å². The van der Waals surface area contributed by atoms with Gasteiger partial charge in [-0.25, -0.2) is 0 Å². The van der Waals surface area contributed by atoms with E-state index in [0.29, 0.717) is 12.2 Å². The largest absolute Gasteiger partial charge is 0.451 e. The Morgan fingerprint density at radius 2 is 1.57 bits per heavy atom. The lowest BCUT2D eigenvalue weighted by Crippen LogP contribution is -2.39. The molecule has 0 aromatic heterocycles. The van der Waals surface area contributed by atoms with Crippen LogP contribution in [0.25, 0.3) is 11.1 Å². The van der Waals surface area contributed by atoms with Crippen molar-refractivity contribution in [3.63, 3.8) is 0 Å². The van der Waals surface area contributed by atoms with Gasteiger partial charge >= 0.3 is 13.3 Å². The first kappa shape index (κ1) is 24.0. The molecule has 160 valence electrons. The maximum Gasteiger partial charge on any atom is 0.451 e. The van der Waals surface area contributed by atoms with E-state index in [4.69, 9.17) is 25.4 Å². The van der Waals surface area contributed by atoms with Crippen LogP contribution in [0, 0.1) is 11.8 Å². The van der Waals surface area contributed by atoms with Crippen LogP contribution in [-0.2, 0) is 16.0 Å². The second-order valence-electron chi connectivity index (χ2n) is 8.21. The molecule has 0 spiro atoms. The molecule has 0 amide bonds. The summed E-state index contributed by atoms with van der Waals surface area (Å²) in [4.78, 5) is 16.2. The molecule has 5 nitrogen and oxygen atoms in total. The summed E-state index contributed by atoms with van der Waals surface area (Å²) in [5, 5.41) is 17.7. The Morgan fingerprint density at radius 3 is 2.17 bits per heavy atom. The summed E-state index contributed by atoms with van der Waals surface area (Å²) >= 11 is 0. The number of hydrogen-bond acceptors (Lipinski definition) is 5. The summed E-state index contributed by atoms with van der Waals surface area (Å²) in [6.07, 6.45) is 8.47. The highest BCUT2D eigenvalue weighted by atomic mass is 16.4. The molecular formula is C24H32BNO4. The SMILES string of the molecule is NC(CCCCB(O)O)C1CC(CCc2ccc(-c3ccccc3)cc2)C1.O=C=O. The maximum absolute atomic E-state index is 8.87. The fourth-order valence-electron chi connectivity index (χ4n) is 4.18. The lowest BCUT2D eigenvalue weighted by atomic mass is 9.68. The Balaban J connectivity index is 0.00000101. The second kappa shape index (κ2) is 13.1. The topological polar surface area (TPSA) is 101 Å². The van der Waals surface area contributed by atoms with E-state index >= 15 is 0 Å². The molecule has 1 atom stereocenters. The molecule has 0 bridgehead atoms. The highest BCUT2D eigenvalue weighted by Gasteiger charge is 2.32. The van der Waals surface area contributed by atoms with Crippen LogP contribution in [0.15, 0.2) is 54.6 Å². The predicted molar refractivity (Wildman–Crippen MR) is 118 cm³/mol. The molecule has 0 saturated heterocycles. The number of carbonyl (C=O) groups excluding carboxylic acids is 2. The summed E-state index contributed by atoms with van der Waals surface area (Å²) in [5.74, 6) is 1.48. The third-order valence-electron chi connectivity index (χ3n) is 6.03. The number of nitrogens with two attached hydrogens (primary N) is 1. The van der Waals surface area contributed by atoms with E-state index in [-0.39, 0.29) is 12.2 Å². The van der Waals surface area contributed by atoms with Crippen molar-refractivity contribution in [2.24, 2.45) is 17.6 Å². The quantitative estimate of drug-likeness (QED) is 0.410. The molecule has 2 aromatic rings. The minimum Gasteiger partial charge on any atom is -0.427 e. The van der Waals surface area contributed by atoms with Gasteiger partial charge in [0.05, 0.1) is 0 Å². The highest BCUT2D eigenvalue weighted by Crippen LogP contribution is 2.39. The van der Waals surface area contributed by atoms with E-state index in [0.717, 1.165) is 31.6 Å². The maximum atomic E-state index is 8.87. The molecule has 1 aliphatic rings. The van der Waals surface area contributed by atoms with Crippen LogP contribution < -0.4 is 5.73 Å². The first-order valence-electron chi connectivity index (χ1n) is 10.8. The normalized spacial score (nSPS) is 18.4. The van der Waals surface area contributed by atoms with Gasteiger partial charge < -0.3 is 15.8 Å². The van der Waals surface area contributed by atoms with Gasteiger partial charge in [0.25, 0.3) is 0 Å². The number of hydrogen-bond donors (Lipinski definition) is 3. The minimum atomic E-state index is -1.17. The number of unbranched alkanes of at least 4 members (excludes halogenated alkanes) is 1. The molecule has 1 aliphatic carbocycles. The van der Waals surface area contributed by atoms with Crippen molar-refractivity contribution in [1.29, 1.82) is 0 Å². The monoisotopic (exact) mass is 409 g/mol. The summed E-state index contributed by atoms with van der Waals surface area (Å²) < 4.78 is 0. The van der Waals surface area contributed by atoms with Crippen molar-refractivity contribution < 1.29 is 19.6 Å². The van der Waals surface area contributed by atoms with Gasteiger partial charge in [0.1, 0.15) is 0 Å². The van der Waals surface area contributed by atoms with Gasteiger partial charge in [0, 0.05) is 6.04 Å². The molecule has 0 aliphatic heterocycles. The van der Waals surface area contributed by atoms with E-state index in [1.54, 1.807) is 0 Å². The zero-order valence-electron chi connectivity index (χ0n) is 17.5. The molecule has 1 fully saturated rings. The van der Waals surface area contributed by atoms with Gasteiger partial charge in [-0.15, -0.1) is 0 Å². The first-order chi connectivity index (χ1) is 14.5. The van der Waals surface area contributed by atoms with Crippen molar-refractivity contribution in [1.82, 2.24) is 0 Å². The van der Waals surface area contributed by atoms with Crippen LogP contribution in [0.3, 0.4) is 0 Å². The van der Waals surface area contributed by atoms with Gasteiger partial charge in [-0.1, -0.05) is 67.4 Å². The van der Waals surface area contributed by atoms with Gasteiger partial charge in [-0.2, -0.15) is 9.59 Å². The van der Waals surface area contributed by atoms with Gasteiger partial charge in [-0.3, -0.25) is 0 Å². The van der Waals surface area contributed by atoms with E-state index < -0.39 is 7.12 Å². The Hall–Kier alpha value is -2.24. The molecular weight excluding hydrogens is 377 g/mol. The van der Waals surface area contributed by atoms with Gasteiger partial charge in [0.15, 0.2) is 0 Å². The molecule has 0 heterocycles. The number of aryl methyl sites for hydroxylation is 1. The number of rotatable bonds is 10. The molecule has 1 saturated carbocycles. The van der Waals surface area contributed by atoms with Crippen molar-refractivity contribution in [2.45, 2.75) is 57.3 Å². The van der Waals surface area contributed by atoms with Crippen LogP contribution in [0.5, 0.6) is 0 Å². The lowest BCUT2D eigenvalue weighted by molar-refractivity contribution is -0.191. The van der Waals surface area contributed by atoms with E-state index in [1.807, 2.05) is 0 Å². The second-order valence-corrected chi connectivity index (χ2v) is 8.21. The molecule has 2 aromatic carbocycles. The summed E-state index contributed by atoms with van der Waals surface area (Å²) in [7, 11) is -1.17. The Bertz CT molecular complexity index is 755. The smallest absolute Gasteiger partial charge is 0.427 e. The molecule has 1 unspecified atom stereocenters. The molecule has 3 rings (SSSR count). The van der Waals surface area contributed by atoms with Gasteiger partial charge in [0.2, 0.25) is 0 Å². The molecule has 0 radical (unpaired) electrons. The van der Waals surface area contributed by atoms with Crippen LogP contribution in [-0.4, -0.2) is 29.4 Å². The highest BCUT2D eigenvalue weighted by molar-refractivity contribution is 6.40. The average Bonchev–Trinajstić information content (AvgIpc) is 2.71. The summed E-state index contributed by atoms with van der Waals surface area (Å²) in [6, 6.07) is 19.8. The van der Waals surface area contributed by atoms with E-state index in [9.17, 15) is 0 Å². The van der Waals surface area contributed by atoms with Crippen LogP contribution >= 0.6 is 0 Å². The molecule has 6 heteroatoms. The first-order valence-corrected chi connectivity index (χ1v) is 10.8. The lowest BCUT2D eigenvalue weighted by Gasteiger charge is -2.39. The zero-order chi connectivity index (χ0) is 21.8. The predicted octanol–water partition coefficient (Wildman–Crippen LogP) is 3.70. The Labute approximate surface area is 179 Å². The molecule has 30 heavy (non-hydrogen) atoms. The fourth-order valence-corrected chi connectivity index (χ4v) is 4.18. The van der Waals surface area contributed by atoms with Crippen molar-refractivity contribution in [3.05, 3.63) is 60.2 Å². The third kappa shape index (κ3) is 8.25. The van der Waals surface area contributed by atoms with Crippen molar-refractivity contribution in [3.8, 4) is 11.1 Å². The van der Waals surface area contributed by atoms with Gasteiger partial charge in [-0.05, 0) is 67.0 Å². The van der Waals surface area contributed by atoms with E-state index in [1.165, 1.54) is 36.0 Å². The van der Waals surface area contributed by atoms with Crippen molar-refractivity contribution >= 4 is 13.3 Å². The van der Waals surface area contributed by atoms with Crippen molar-refractivity contribution in [2.75, 3.05) is 0 Å². The number of benzene rings is 2. The standard InChI is InChI=1S/C23H32BNO2.CO2/c25-23(8-4-5-15-24(26)27)22-16-19(17-22)10-9-18-11-13-21(14-12-18)20-6-2-1-3-7-20;2-1-3/h1-3,6-7,11-14,19,22-23,26-27H,4-5,8-10,15-17,25H2;.